The molecule has 0 atom stereocenters. The van der Waals surface area contributed by atoms with Crippen molar-refractivity contribution < 1.29 is 23.9 Å². The van der Waals surface area contributed by atoms with Crippen LogP contribution in [0.1, 0.15) is 57.8 Å². The second-order valence-electron chi connectivity index (χ2n) is 9.34. The van der Waals surface area contributed by atoms with Crippen molar-refractivity contribution in [2.45, 2.75) is 44.7 Å². The number of nitrogens with one attached hydrogen (secondary N) is 1. The molecular weight excluding hydrogens is 562 g/mol. The molecule has 0 fully saturated rings. The number of amides is 1. The third kappa shape index (κ3) is 6.20. The van der Waals surface area contributed by atoms with Gasteiger partial charge in [0, 0.05) is 10.6 Å². The molecule has 2 aromatic carbocycles. The maximum atomic E-state index is 13.9. The lowest BCUT2D eigenvalue weighted by molar-refractivity contribution is -0.113. The van der Waals surface area contributed by atoms with E-state index in [1.807, 2.05) is 30.3 Å². The van der Waals surface area contributed by atoms with Gasteiger partial charge in [-0.1, -0.05) is 30.0 Å². The highest BCUT2D eigenvalue weighted by Gasteiger charge is 2.23. The van der Waals surface area contributed by atoms with Crippen LogP contribution in [-0.4, -0.2) is 46.4 Å². The number of aryl methyl sites for hydroxylation is 2. The zero-order chi connectivity index (χ0) is 28.9. The Morgan fingerprint density at radius 3 is 2.29 bits per heavy atom. The Morgan fingerprint density at radius 1 is 0.976 bits per heavy atom. The molecule has 2 aromatic heterocycles. The largest absolute Gasteiger partial charge is 0.462 e. The molecule has 0 bridgehead atoms. The molecule has 41 heavy (non-hydrogen) atoms. The standard InChI is InChI=1S/C30H29N3O6S2/c1-3-38-28(36)18-14-19(29(37)39-4-2)16-20(15-18)31-24(34)17-40-30-32-26-25(22-12-8-9-13-23(22)41-26)27(35)33(30)21-10-6-5-7-11-21/h5-7,10-11,14-16H,3-4,8-9,12-13,17H2,1-2H3,(H,31,34). The van der Waals surface area contributed by atoms with E-state index in [1.165, 1.54) is 23.1 Å². The molecule has 1 aliphatic carbocycles. The van der Waals surface area contributed by atoms with E-state index in [0.717, 1.165) is 43.0 Å². The minimum atomic E-state index is -0.619. The summed E-state index contributed by atoms with van der Waals surface area (Å²) in [7, 11) is 0. The summed E-state index contributed by atoms with van der Waals surface area (Å²) in [5.74, 6) is -1.70. The molecule has 9 nitrogen and oxygen atoms in total. The maximum Gasteiger partial charge on any atom is 0.338 e. The number of thiophene rings is 1. The molecule has 0 saturated carbocycles. The van der Waals surface area contributed by atoms with Gasteiger partial charge in [0.25, 0.3) is 5.56 Å². The molecule has 212 valence electrons. The Morgan fingerprint density at radius 2 is 1.63 bits per heavy atom. The van der Waals surface area contributed by atoms with E-state index in [0.29, 0.717) is 21.1 Å². The molecule has 2 heterocycles. The molecular formula is C30H29N3O6S2. The first-order valence-electron chi connectivity index (χ1n) is 13.4. The number of hydrogen-bond donors (Lipinski definition) is 1. The van der Waals surface area contributed by atoms with Crippen LogP contribution in [0.3, 0.4) is 0 Å². The van der Waals surface area contributed by atoms with Crippen LogP contribution in [0.2, 0.25) is 0 Å². The van der Waals surface area contributed by atoms with Gasteiger partial charge in [-0.3, -0.25) is 14.2 Å². The second kappa shape index (κ2) is 12.7. The first-order valence-corrected chi connectivity index (χ1v) is 15.2. The maximum absolute atomic E-state index is 13.9. The average Bonchev–Trinajstić information content (AvgIpc) is 3.35. The number of para-hydroxylation sites is 1. The number of benzene rings is 2. The zero-order valence-electron chi connectivity index (χ0n) is 22.7. The van der Waals surface area contributed by atoms with Crippen molar-refractivity contribution in [1.82, 2.24) is 9.55 Å². The third-order valence-corrected chi connectivity index (χ3v) is 8.67. The summed E-state index contributed by atoms with van der Waals surface area (Å²) in [5.41, 5.74) is 2.13. The highest BCUT2D eigenvalue weighted by Crippen LogP contribution is 2.35. The summed E-state index contributed by atoms with van der Waals surface area (Å²) in [4.78, 5) is 58.5. The van der Waals surface area contributed by atoms with Gasteiger partial charge in [0.15, 0.2) is 5.16 Å². The monoisotopic (exact) mass is 591 g/mol. The van der Waals surface area contributed by atoms with Crippen molar-refractivity contribution in [1.29, 1.82) is 0 Å². The van der Waals surface area contributed by atoms with Crippen LogP contribution < -0.4 is 10.9 Å². The predicted molar refractivity (Wildman–Crippen MR) is 160 cm³/mol. The number of ether oxygens (including phenoxy) is 2. The molecule has 0 radical (unpaired) electrons. The molecule has 1 N–H and O–H groups in total. The first kappa shape index (κ1) is 28.6. The van der Waals surface area contributed by atoms with Crippen molar-refractivity contribution in [3.63, 3.8) is 0 Å². The van der Waals surface area contributed by atoms with Crippen molar-refractivity contribution in [3.05, 3.63) is 80.5 Å². The summed E-state index contributed by atoms with van der Waals surface area (Å²) in [5, 5.41) is 3.83. The SMILES string of the molecule is CCOC(=O)c1cc(NC(=O)CSc2nc3sc4c(c3c(=O)n2-c2ccccc2)CCCC4)cc(C(=O)OCC)c1. The fraction of sp³-hybridized carbons (Fsp3) is 0.300. The van der Waals surface area contributed by atoms with Crippen LogP contribution in [0.4, 0.5) is 5.69 Å². The number of aromatic nitrogens is 2. The van der Waals surface area contributed by atoms with Gasteiger partial charge in [-0.2, -0.15) is 0 Å². The Labute approximate surface area is 244 Å². The molecule has 1 aliphatic rings. The fourth-order valence-electron chi connectivity index (χ4n) is 4.78. The molecule has 0 spiro atoms. The van der Waals surface area contributed by atoms with Crippen LogP contribution >= 0.6 is 23.1 Å². The van der Waals surface area contributed by atoms with E-state index in [9.17, 15) is 19.2 Å². The number of hydrogen-bond acceptors (Lipinski definition) is 9. The van der Waals surface area contributed by atoms with E-state index < -0.39 is 17.8 Å². The molecule has 4 aromatic rings. The van der Waals surface area contributed by atoms with E-state index in [-0.39, 0.29) is 41.3 Å². The summed E-state index contributed by atoms with van der Waals surface area (Å²) >= 11 is 2.70. The average molecular weight is 592 g/mol. The number of rotatable bonds is 9. The molecule has 11 heteroatoms. The molecule has 0 unspecified atom stereocenters. The Balaban J connectivity index is 1.44. The number of carbonyl (C=O) groups is 3. The number of esters is 2. The van der Waals surface area contributed by atoms with E-state index in [2.05, 4.69) is 5.32 Å². The van der Waals surface area contributed by atoms with E-state index >= 15 is 0 Å². The van der Waals surface area contributed by atoms with Gasteiger partial charge >= 0.3 is 11.9 Å². The summed E-state index contributed by atoms with van der Waals surface area (Å²) in [6, 6.07) is 13.5. The van der Waals surface area contributed by atoms with Crippen molar-refractivity contribution in [2.75, 3.05) is 24.3 Å². The van der Waals surface area contributed by atoms with Gasteiger partial charge in [-0.25, -0.2) is 14.6 Å². The lowest BCUT2D eigenvalue weighted by Gasteiger charge is -2.14. The minimum absolute atomic E-state index is 0.0613. The van der Waals surface area contributed by atoms with Crippen molar-refractivity contribution in [2.24, 2.45) is 0 Å². The van der Waals surface area contributed by atoms with Crippen LogP contribution in [-0.2, 0) is 27.1 Å². The quantitative estimate of drug-likeness (QED) is 0.156. The highest BCUT2D eigenvalue weighted by molar-refractivity contribution is 7.99. The Bertz CT molecular complexity index is 1640. The van der Waals surface area contributed by atoms with Gasteiger partial charge in [-0.15, -0.1) is 11.3 Å². The number of nitrogens with zero attached hydrogens (tertiary/aromatic N) is 2. The Kier molecular flexibility index (Phi) is 8.84. The van der Waals surface area contributed by atoms with Crippen LogP contribution in [0.5, 0.6) is 0 Å². The van der Waals surface area contributed by atoms with Crippen LogP contribution in [0.25, 0.3) is 15.9 Å². The first-order chi connectivity index (χ1) is 19.9. The van der Waals surface area contributed by atoms with E-state index in [4.69, 9.17) is 14.5 Å². The lowest BCUT2D eigenvalue weighted by atomic mass is 9.97. The zero-order valence-corrected chi connectivity index (χ0v) is 24.4. The van der Waals surface area contributed by atoms with Gasteiger partial charge in [-0.05, 0) is 75.4 Å². The minimum Gasteiger partial charge on any atom is -0.462 e. The van der Waals surface area contributed by atoms with Crippen molar-refractivity contribution in [3.8, 4) is 5.69 Å². The number of carbonyl (C=O) groups excluding carboxylic acids is 3. The topological polar surface area (TPSA) is 117 Å². The number of fused-ring (bicyclic) bond motifs is 3. The van der Waals surface area contributed by atoms with Gasteiger partial charge in [0.1, 0.15) is 4.83 Å². The molecule has 0 aliphatic heterocycles. The summed E-state index contributed by atoms with van der Waals surface area (Å²) in [6.07, 6.45) is 3.97. The number of thioether (sulfide) groups is 1. The molecule has 0 saturated heterocycles. The molecule has 5 rings (SSSR count). The van der Waals surface area contributed by atoms with E-state index in [1.54, 1.807) is 29.8 Å². The Hall–Kier alpha value is -3.96. The van der Waals surface area contributed by atoms with Gasteiger partial charge in [0.2, 0.25) is 5.91 Å². The third-order valence-electron chi connectivity index (χ3n) is 6.54. The lowest BCUT2D eigenvalue weighted by Crippen LogP contribution is -2.23. The normalized spacial score (nSPS) is 12.5. The second-order valence-corrected chi connectivity index (χ2v) is 11.4. The summed E-state index contributed by atoms with van der Waals surface area (Å²) in [6.45, 7) is 3.68. The fourth-order valence-corrected chi connectivity index (χ4v) is 6.89. The summed E-state index contributed by atoms with van der Waals surface area (Å²) < 4.78 is 11.7. The number of anilines is 1. The van der Waals surface area contributed by atoms with Crippen LogP contribution in [0, 0.1) is 0 Å². The van der Waals surface area contributed by atoms with Gasteiger partial charge < -0.3 is 14.8 Å². The highest BCUT2D eigenvalue weighted by atomic mass is 32.2. The predicted octanol–water partition coefficient (Wildman–Crippen LogP) is 5.41. The van der Waals surface area contributed by atoms with Crippen molar-refractivity contribution >= 4 is 56.8 Å². The van der Waals surface area contributed by atoms with Crippen LogP contribution in [0.15, 0.2) is 58.5 Å². The van der Waals surface area contributed by atoms with Gasteiger partial charge in [0.05, 0.1) is 41.2 Å². The smallest absolute Gasteiger partial charge is 0.338 e. The molecule has 1 amide bonds.